The van der Waals surface area contributed by atoms with Crippen LogP contribution in [0, 0.1) is 0 Å². The summed E-state index contributed by atoms with van der Waals surface area (Å²) in [6.07, 6.45) is 1.45. The first-order valence-corrected chi connectivity index (χ1v) is 13.9. The van der Waals surface area contributed by atoms with E-state index in [1.165, 1.54) is 17.1 Å². The minimum absolute atomic E-state index is 0.0308. The number of carboxylic acids is 1. The summed E-state index contributed by atoms with van der Waals surface area (Å²) in [5.74, 6) is -5.31. The number of aryl methyl sites for hydroxylation is 1. The summed E-state index contributed by atoms with van der Waals surface area (Å²) >= 11 is 7.17. The number of carbonyl (C=O) groups is 4. The van der Waals surface area contributed by atoms with E-state index in [0.29, 0.717) is 6.20 Å². The number of aliphatic hydroxyl groups excluding tert-OH is 1. The molecule has 18 nitrogen and oxygen atoms in total. The monoisotopic (exact) mass is 635 g/mol. The van der Waals surface area contributed by atoms with Crippen LogP contribution in [-0.2, 0) is 31.1 Å². The fourth-order valence-electron chi connectivity index (χ4n) is 4.49. The number of ketones is 1. The highest BCUT2D eigenvalue weighted by Gasteiger charge is 2.65. The van der Waals surface area contributed by atoms with Gasteiger partial charge in [-0.25, -0.2) is 9.48 Å². The number of aliphatic hydroxyl groups is 1. The SMILES string of the molecule is CO/N=C(\C(=O)N[C@@]1(C=S)C(=O)N2C(C(=O)O)=C(c3nnnn3C)CS[C@@H]21)C1=CC(=O)C(O)=C[N+]1(O)c1csc(N)n1. The molecule has 218 valence electrons. The lowest BCUT2D eigenvalue weighted by molar-refractivity contribution is -0.153. The Kier molecular flexibility index (Phi) is 7.14. The summed E-state index contributed by atoms with van der Waals surface area (Å²) in [5.41, 5.74) is 2.38. The number of hydrogen-bond donors (Lipinski definition) is 5. The second-order valence-corrected chi connectivity index (χ2v) is 11.0. The molecule has 3 aliphatic heterocycles. The predicted octanol–water partition coefficient (Wildman–Crippen LogP) is -0.921. The highest BCUT2D eigenvalue weighted by atomic mass is 32.2. The van der Waals surface area contributed by atoms with Crippen molar-refractivity contribution < 1.29 is 39.4 Å². The number of hydroxylamine groups is 2. The topological polar surface area (TPSA) is 248 Å². The molecule has 1 saturated heterocycles. The summed E-state index contributed by atoms with van der Waals surface area (Å²) in [6.45, 7) is 0. The molecule has 21 heteroatoms. The second-order valence-electron chi connectivity index (χ2n) is 8.80. The van der Waals surface area contributed by atoms with Gasteiger partial charge in [0.1, 0.15) is 18.2 Å². The zero-order valence-corrected chi connectivity index (χ0v) is 23.8. The Morgan fingerprint density at radius 3 is 2.71 bits per heavy atom. The van der Waals surface area contributed by atoms with Crippen molar-refractivity contribution in [3.05, 3.63) is 40.6 Å². The van der Waals surface area contributed by atoms with E-state index in [9.17, 15) is 34.6 Å². The Morgan fingerprint density at radius 1 is 1.40 bits per heavy atom. The molecule has 2 aromatic rings. The molecule has 0 bridgehead atoms. The number of quaternary nitrogens is 1. The number of carboxylic acid groups (broad SMARTS) is 1. The lowest BCUT2D eigenvalue weighted by Crippen LogP contribution is -2.81. The summed E-state index contributed by atoms with van der Waals surface area (Å²) in [6, 6.07) is 0. The van der Waals surface area contributed by atoms with Crippen molar-refractivity contribution >= 4 is 86.5 Å². The summed E-state index contributed by atoms with van der Waals surface area (Å²) in [5, 5.41) is 50.1. The maximum Gasteiger partial charge on any atom is 0.353 e. The van der Waals surface area contributed by atoms with Crippen molar-refractivity contribution in [2.24, 2.45) is 12.2 Å². The highest BCUT2D eigenvalue weighted by molar-refractivity contribution is 8.00. The highest BCUT2D eigenvalue weighted by Crippen LogP contribution is 2.47. The van der Waals surface area contributed by atoms with E-state index in [0.717, 1.165) is 46.6 Å². The normalized spacial score (nSPS) is 25.7. The van der Waals surface area contributed by atoms with Gasteiger partial charge >= 0.3 is 5.97 Å². The number of nitrogens with zero attached hydrogens (tertiary/aromatic N) is 8. The number of fused-ring (bicyclic) bond motifs is 1. The molecule has 0 aromatic carbocycles. The van der Waals surface area contributed by atoms with Gasteiger partial charge in [0, 0.05) is 23.7 Å². The molecular weight excluding hydrogens is 616 g/mol. The molecule has 5 rings (SSSR count). The lowest BCUT2D eigenvalue weighted by Gasteiger charge is -2.55. The molecular formula is C21H19N10O8S3+. The van der Waals surface area contributed by atoms with Crippen molar-refractivity contribution in [3.63, 3.8) is 0 Å². The summed E-state index contributed by atoms with van der Waals surface area (Å²) in [4.78, 5) is 61.8. The third kappa shape index (κ3) is 4.25. The number of nitrogen functional groups attached to an aromatic ring is 1. The Morgan fingerprint density at radius 2 is 2.14 bits per heavy atom. The van der Waals surface area contributed by atoms with E-state index in [1.807, 2.05) is 0 Å². The number of thiazole rings is 1. The Balaban J connectivity index is 1.52. The van der Waals surface area contributed by atoms with Crippen LogP contribution in [0.5, 0.6) is 0 Å². The van der Waals surface area contributed by atoms with Crippen LogP contribution in [0.4, 0.5) is 10.9 Å². The van der Waals surface area contributed by atoms with E-state index in [4.69, 9.17) is 22.8 Å². The fraction of sp³-hybridized carbons (Fsp3) is 0.238. The molecule has 3 atom stereocenters. The fourth-order valence-corrected chi connectivity index (χ4v) is 6.89. The van der Waals surface area contributed by atoms with Gasteiger partial charge in [-0.3, -0.25) is 19.3 Å². The molecule has 0 spiro atoms. The number of thiocarbonyl (C=S) groups is 1. The smallest absolute Gasteiger partial charge is 0.353 e. The van der Waals surface area contributed by atoms with Crippen LogP contribution in [0.25, 0.3) is 5.57 Å². The van der Waals surface area contributed by atoms with E-state index in [1.54, 1.807) is 0 Å². The number of hydrogen-bond acceptors (Lipinski definition) is 16. The standard InChI is InChI=1S/C21H18N10O8S3/c1-29-15(25-27-28-29)8-5-41-19-21(7-40,18(37)30(19)14(8)17(35)36)24-16(34)13(26-39-2)9-3-10(32)11(33)4-31(9,38)12-6-42-20(22)23-12/h3-4,6-7,19,38H,5H2,1-2H3,(H4-,22,23,24,33,34,35,36)/p+1/b26-13-/t19-,21+,31?/m1/s1. The zero-order chi connectivity index (χ0) is 30.6. The molecule has 3 aliphatic rings. The Bertz CT molecular complexity index is 1700. The van der Waals surface area contributed by atoms with Gasteiger partial charge in [-0.1, -0.05) is 33.4 Å². The third-order valence-electron chi connectivity index (χ3n) is 6.40. The molecule has 0 aliphatic carbocycles. The summed E-state index contributed by atoms with van der Waals surface area (Å²) < 4.78 is -0.253. The van der Waals surface area contributed by atoms with Crippen molar-refractivity contribution in [1.82, 2.24) is 40.1 Å². The van der Waals surface area contributed by atoms with Crippen molar-refractivity contribution in [2.45, 2.75) is 10.9 Å². The van der Waals surface area contributed by atoms with Crippen molar-refractivity contribution in [3.8, 4) is 0 Å². The van der Waals surface area contributed by atoms with Gasteiger partial charge in [0.05, 0.1) is 11.5 Å². The number of allylic oxidation sites excluding steroid dienone is 1. The first-order chi connectivity index (χ1) is 19.9. The Hall–Kier alpha value is -4.57. The van der Waals surface area contributed by atoms with E-state index in [-0.39, 0.29) is 33.8 Å². The largest absolute Gasteiger partial charge is 0.500 e. The van der Waals surface area contributed by atoms with Crippen LogP contribution in [-0.4, -0.2) is 104 Å². The van der Waals surface area contributed by atoms with Gasteiger partial charge < -0.3 is 26.1 Å². The van der Waals surface area contributed by atoms with E-state index >= 15 is 0 Å². The number of β-lactam (4-membered cyclic amide) rings is 1. The van der Waals surface area contributed by atoms with Gasteiger partial charge in [0.25, 0.3) is 17.6 Å². The molecule has 5 heterocycles. The lowest BCUT2D eigenvalue weighted by atomic mass is 9.87. The average molecular weight is 636 g/mol. The van der Waals surface area contributed by atoms with Crippen LogP contribution >= 0.6 is 35.3 Å². The minimum atomic E-state index is -1.91. The number of aromatic nitrogens is 5. The third-order valence-corrected chi connectivity index (χ3v) is 8.79. The van der Waals surface area contributed by atoms with E-state index in [2.05, 4.69) is 31.0 Å². The van der Waals surface area contributed by atoms with Gasteiger partial charge in [0.15, 0.2) is 22.7 Å². The van der Waals surface area contributed by atoms with Gasteiger partial charge in [-0.05, 0) is 10.4 Å². The number of aliphatic carboxylic acids is 1. The second kappa shape index (κ2) is 10.4. The Labute approximate surface area is 247 Å². The maximum absolute atomic E-state index is 13.7. The number of rotatable bonds is 8. The van der Waals surface area contributed by atoms with Gasteiger partial charge in [-0.15, -0.1) is 16.9 Å². The quantitative estimate of drug-likeness (QED) is 0.0773. The molecule has 42 heavy (non-hydrogen) atoms. The van der Waals surface area contributed by atoms with Crippen LogP contribution in [0.3, 0.4) is 0 Å². The molecule has 1 fully saturated rings. The average Bonchev–Trinajstić information content (AvgIpc) is 3.59. The summed E-state index contributed by atoms with van der Waals surface area (Å²) in [7, 11) is 2.60. The number of oxime groups is 1. The number of carbonyl (C=O) groups excluding carboxylic acids is 3. The first kappa shape index (κ1) is 28.9. The zero-order valence-electron chi connectivity index (χ0n) is 21.4. The molecule has 2 amide bonds. The first-order valence-electron chi connectivity index (χ1n) is 11.5. The van der Waals surface area contributed by atoms with Gasteiger partial charge in [-0.2, -0.15) is 10.2 Å². The molecule has 0 radical (unpaired) electrons. The molecule has 0 saturated carbocycles. The van der Waals surface area contributed by atoms with Crippen molar-refractivity contribution in [1.29, 1.82) is 0 Å². The number of tetrazole rings is 1. The maximum atomic E-state index is 13.7. The number of nitrogens with two attached hydrogens (primary N) is 1. The number of anilines is 1. The van der Waals surface area contributed by atoms with Crippen molar-refractivity contribution in [2.75, 3.05) is 18.6 Å². The van der Waals surface area contributed by atoms with Crippen LogP contribution in [0.15, 0.2) is 40.0 Å². The molecule has 1 unspecified atom stereocenters. The molecule has 2 aromatic heterocycles. The van der Waals surface area contributed by atoms with Crippen LogP contribution in [0.1, 0.15) is 5.82 Å². The van der Waals surface area contributed by atoms with Crippen LogP contribution < -0.4 is 15.7 Å². The number of nitrogens with one attached hydrogen (secondary N) is 1. The minimum Gasteiger partial charge on any atom is -0.500 e. The molecule has 6 N–H and O–H groups in total. The van der Waals surface area contributed by atoms with Crippen LogP contribution in [0.2, 0.25) is 0 Å². The predicted molar refractivity (Wildman–Crippen MR) is 149 cm³/mol. The number of thioether (sulfide) groups is 1. The number of amides is 2. The van der Waals surface area contributed by atoms with Gasteiger partial charge in [0.2, 0.25) is 23.0 Å². The van der Waals surface area contributed by atoms with E-state index < -0.39 is 56.3 Å².